The molecule has 3 aliphatic heterocycles. The van der Waals surface area contributed by atoms with E-state index in [4.69, 9.17) is 11.6 Å². The molecule has 3 aromatic rings. The summed E-state index contributed by atoms with van der Waals surface area (Å²) in [6, 6.07) is 13.7. The Balaban J connectivity index is 1.04. The van der Waals surface area contributed by atoms with Gasteiger partial charge in [0.05, 0.1) is 0 Å². The van der Waals surface area contributed by atoms with Crippen LogP contribution in [0.2, 0.25) is 5.02 Å². The molecule has 222 valence electrons. The number of hydrogen-bond donors (Lipinski definition) is 1. The molecule has 0 radical (unpaired) electrons. The molecule has 1 N–H and O–H groups in total. The number of H-pyrrole nitrogens is 1. The number of amides is 3. The third kappa shape index (κ3) is 5.92. The molecule has 1 aromatic heterocycles. The third-order valence-corrected chi connectivity index (χ3v) is 9.94. The zero-order valence-electron chi connectivity index (χ0n) is 24.5. The van der Waals surface area contributed by atoms with Crippen LogP contribution < -0.4 is 4.90 Å². The van der Waals surface area contributed by atoms with E-state index in [1.807, 2.05) is 70.3 Å². The van der Waals surface area contributed by atoms with E-state index < -0.39 is 0 Å². The smallest absolute Gasteiger partial charge is 0.253 e. The van der Waals surface area contributed by atoms with Crippen LogP contribution in [-0.4, -0.2) is 89.8 Å². The Morgan fingerprint density at radius 3 is 2.38 bits per heavy atom. The summed E-state index contributed by atoms with van der Waals surface area (Å²) in [6.07, 6.45) is 4.15. The first-order chi connectivity index (χ1) is 20.3. The number of aryl methyl sites for hydroxylation is 1. The van der Waals surface area contributed by atoms with Gasteiger partial charge >= 0.3 is 0 Å². The van der Waals surface area contributed by atoms with Gasteiger partial charge in [0.15, 0.2) is 0 Å². The van der Waals surface area contributed by atoms with E-state index in [1.54, 1.807) is 6.92 Å². The van der Waals surface area contributed by atoms with E-state index in [0.717, 1.165) is 66.9 Å². The molecule has 0 spiro atoms. The lowest BCUT2D eigenvalue weighted by Gasteiger charge is -2.34. The average Bonchev–Trinajstić information content (AvgIpc) is 3.71. The first-order valence-corrected chi connectivity index (χ1v) is 15.6. The summed E-state index contributed by atoms with van der Waals surface area (Å²) >= 11 is 6.47. The maximum atomic E-state index is 13.8. The largest absolute Gasteiger partial charge is 0.361 e. The first kappa shape index (κ1) is 28.7. The lowest BCUT2D eigenvalue weighted by Crippen LogP contribution is -2.44. The Morgan fingerprint density at radius 1 is 0.952 bits per heavy atom. The Kier molecular flexibility index (Phi) is 8.28. The number of anilines is 1. The highest BCUT2D eigenvalue weighted by molar-refractivity contribution is 6.31. The number of rotatable bonds is 7. The number of fused-ring (bicyclic) bond motifs is 2. The predicted molar refractivity (Wildman–Crippen MR) is 166 cm³/mol. The zero-order chi connectivity index (χ0) is 29.4. The number of benzene rings is 2. The molecule has 6 rings (SSSR count). The van der Waals surface area contributed by atoms with Gasteiger partial charge in [0.1, 0.15) is 0 Å². The normalized spacial score (nSPS) is 21.2. The van der Waals surface area contributed by atoms with Gasteiger partial charge in [-0.1, -0.05) is 17.7 Å². The van der Waals surface area contributed by atoms with Crippen LogP contribution >= 0.6 is 11.6 Å². The van der Waals surface area contributed by atoms with E-state index in [2.05, 4.69) is 9.88 Å². The molecule has 42 heavy (non-hydrogen) atoms. The minimum Gasteiger partial charge on any atom is -0.361 e. The SMILES string of the molecule is CC(=O)N1CCC(C(=O)N(CCCN2CC3CN(C(=O)c4ccc5[nH]ccc5c4)CC3C2)c2ccc(C)c(Cl)c2)CC1. The molecule has 2 unspecified atom stereocenters. The topological polar surface area (TPSA) is 80.0 Å². The number of nitrogens with one attached hydrogen (secondary N) is 1. The van der Waals surface area contributed by atoms with Crippen molar-refractivity contribution < 1.29 is 14.4 Å². The number of halogens is 1. The number of aromatic amines is 1. The number of likely N-dealkylation sites (tertiary alicyclic amines) is 3. The minimum atomic E-state index is -0.0895. The predicted octanol–water partition coefficient (Wildman–Crippen LogP) is 4.82. The van der Waals surface area contributed by atoms with Crippen molar-refractivity contribution in [1.29, 1.82) is 0 Å². The second-order valence-corrected chi connectivity index (χ2v) is 12.7. The summed E-state index contributed by atoms with van der Waals surface area (Å²) in [7, 11) is 0. The van der Waals surface area contributed by atoms with Crippen LogP contribution in [0.15, 0.2) is 48.7 Å². The molecule has 3 fully saturated rings. The summed E-state index contributed by atoms with van der Waals surface area (Å²) in [4.78, 5) is 50.2. The van der Waals surface area contributed by atoms with Gasteiger partial charge < -0.3 is 24.6 Å². The van der Waals surface area contributed by atoms with Crippen molar-refractivity contribution in [2.75, 3.05) is 57.3 Å². The van der Waals surface area contributed by atoms with Gasteiger partial charge in [0, 0.05) is 92.0 Å². The molecule has 0 saturated carbocycles. The Hall–Kier alpha value is -3.36. The highest BCUT2D eigenvalue weighted by atomic mass is 35.5. The Bertz CT molecular complexity index is 1470. The second-order valence-electron chi connectivity index (χ2n) is 12.3. The second kappa shape index (κ2) is 12.1. The number of nitrogens with zero attached hydrogens (tertiary/aromatic N) is 4. The summed E-state index contributed by atoms with van der Waals surface area (Å²) in [5, 5.41) is 1.73. The van der Waals surface area contributed by atoms with Crippen LogP contribution in [0.5, 0.6) is 0 Å². The lowest BCUT2D eigenvalue weighted by molar-refractivity contribution is -0.133. The number of hydrogen-bond acceptors (Lipinski definition) is 4. The van der Waals surface area contributed by atoms with Crippen LogP contribution in [0.25, 0.3) is 10.9 Å². The standard InChI is InChI=1S/C33H40ClN5O3/c1-22-4-6-29(17-30(22)34)39(33(42)24-9-14-37(15-10-24)23(2)40)13-3-12-36-18-27-20-38(21-28(27)19-36)32(41)26-5-7-31-25(16-26)8-11-35-31/h4-8,11,16-17,24,27-28,35H,3,9-10,12-15,18-21H2,1-2H3. The molecule has 2 aromatic carbocycles. The van der Waals surface area contributed by atoms with Crippen molar-refractivity contribution in [3.63, 3.8) is 0 Å². The first-order valence-electron chi connectivity index (χ1n) is 15.2. The molecular formula is C33H40ClN5O3. The van der Waals surface area contributed by atoms with Gasteiger partial charge in [-0.25, -0.2) is 0 Å². The molecular weight excluding hydrogens is 550 g/mol. The molecule has 0 aliphatic carbocycles. The number of carbonyl (C=O) groups is 3. The van der Waals surface area contributed by atoms with Gasteiger partial charge in [0.25, 0.3) is 5.91 Å². The molecule has 9 heteroatoms. The fourth-order valence-electron chi connectivity index (χ4n) is 7.04. The van der Waals surface area contributed by atoms with Crippen LogP contribution in [0.4, 0.5) is 5.69 Å². The van der Waals surface area contributed by atoms with Crippen molar-refractivity contribution in [1.82, 2.24) is 19.7 Å². The Labute approximate surface area is 252 Å². The maximum Gasteiger partial charge on any atom is 0.253 e. The number of piperidine rings is 1. The van der Waals surface area contributed by atoms with E-state index in [-0.39, 0.29) is 23.6 Å². The van der Waals surface area contributed by atoms with Crippen LogP contribution in [0, 0.1) is 24.7 Å². The van der Waals surface area contributed by atoms with Crippen LogP contribution in [0.3, 0.4) is 0 Å². The molecule has 3 amide bonds. The average molecular weight is 590 g/mol. The van der Waals surface area contributed by atoms with Crippen molar-refractivity contribution in [3.05, 3.63) is 64.8 Å². The monoisotopic (exact) mass is 589 g/mol. The Morgan fingerprint density at radius 2 is 1.69 bits per heavy atom. The quantitative estimate of drug-likeness (QED) is 0.429. The van der Waals surface area contributed by atoms with Crippen molar-refractivity contribution in [2.24, 2.45) is 17.8 Å². The van der Waals surface area contributed by atoms with Gasteiger partial charge in [-0.3, -0.25) is 14.4 Å². The number of carbonyl (C=O) groups excluding carboxylic acids is 3. The molecule has 0 bridgehead atoms. The molecule has 2 atom stereocenters. The molecule has 3 saturated heterocycles. The van der Waals surface area contributed by atoms with E-state index in [1.165, 1.54) is 0 Å². The fourth-order valence-corrected chi connectivity index (χ4v) is 7.21. The van der Waals surface area contributed by atoms with Crippen molar-refractivity contribution in [3.8, 4) is 0 Å². The zero-order valence-corrected chi connectivity index (χ0v) is 25.3. The maximum absolute atomic E-state index is 13.8. The van der Waals surface area contributed by atoms with Gasteiger partial charge in [-0.2, -0.15) is 0 Å². The molecule has 3 aliphatic rings. The summed E-state index contributed by atoms with van der Waals surface area (Å²) in [5.41, 5.74) is 3.63. The summed E-state index contributed by atoms with van der Waals surface area (Å²) in [5.74, 6) is 1.22. The highest BCUT2D eigenvalue weighted by Crippen LogP contribution is 2.33. The highest BCUT2D eigenvalue weighted by Gasteiger charge is 2.41. The van der Waals surface area contributed by atoms with E-state index in [9.17, 15) is 14.4 Å². The van der Waals surface area contributed by atoms with Crippen molar-refractivity contribution in [2.45, 2.75) is 33.1 Å². The summed E-state index contributed by atoms with van der Waals surface area (Å²) < 4.78 is 0. The molecule has 8 nitrogen and oxygen atoms in total. The van der Waals surface area contributed by atoms with Gasteiger partial charge in [-0.05, 0) is 86.5 Å². The summed E-state index contributed by atoms with van der Waals surface area (Å²) in [6.45, 7) is 9.94. The van der Waals surface area contributed by atoms with E-state index >= 15 is 0 Å². The lowest BCUT2D eigenvalue weighted by atomic mass is 9.94. The van der Waals surface area contributed by atoms with Gasteiger partial charge in [0.2, 0.25) is 11.8 Å². The fraction of sp³-hybridized carbons (Fsp3) is 0.485. The minimum absolute atomic E-state index is 0.0733. The number of aromatic nitrogens is 1. The van der Waals surface area contributed by atoms with Gasteiger partial charge in [-0.15, -0.1) is 0 Å². The van der Waals surface area contributed by atoms with Crippen molar-refractivity contribution >= 4 is 45.9 Å². The molecule has 4 heterocycles. The van der Waals surface area contributed by atoms with E-state index in [0.29, 0.717) is 49.3 Å². The van der Waals surface area contributed by atoms with Crippen LogP contribution in [-0.2, 0) is 9.59 Å². The third-order valence-electron chi connectivity index (χ3n) is 9.53. The van der Waals surface area contributed by atoms with Crippen LogP contribution in [0.1, 0.15) is 42.1 Å².